The molecule has 5 nitrogen and oxygen atoms in total. The van der Waals surface area contributed by atoms with E-state index in [9.17, 15) is 15.0 Å². The number of benzene rings is 2. The first kappa shape index (κ1) is 15.2. The smallest absolute Gasteiger partial charge is 0.247 e. The maximum atomic E-state index is 11.9. The van der Waals surface area contributed by atoms with E-state index in [1.807, 2.05) is 12.1 Å². The molecule has 0 radical (unpaired) electrons. The molecule has 2 aromatic carbocycles. The van der Waals surface area contributed by atoms with Gasteiger partial charge >= 0.3 is 0 Å². The lowest BCUT2D eigenvalue weighted by Crippen LogP contribution is -2.45. The Balaban J connectivity index is 2.44. The van der Waals surface area contributed by atoms with Crippen molar-refractivity contribution in [3.05, 3.63) is 52.5 Å². The van der Waals surface area contributed by atoms with Crippen LogP contribution in [0.3, 0.4) is 0 Å². The van der Waals surface area contributed by atoms with Crippen molar-refractivity contribution in [3.8, 4) is 11.5 Å². The van der Waals surface area contributed by atoms with Gasteiger partial charge in [0.25, 0.3) is 0 Å². The Bertz CT molecular complexity index is 653. The highest BCUT2D eigenvalue weighted by molar-refractivity contribution is 9.10. The highest BCUT2D eigenvalue weighted by Gasteiger charge is 2.34. The highest BCUT2D eigenvalue weighted by atomic mass is 79.9. The number of phenolic OH excluding ortho intramolecular Hbond substituents is 2. The van der Waals surface area contributed by atoms with Crippen LogP contribution in [0.1, 0.15) is 12.5 Å². The molecule has 21 heavy (non-hydrogen) atoms. The van der Waals surface area contributed by atoms with E-state index < -0.39 is 11.4 Å². The third-order valence-electron chi connectivity index (χ3n) is 3.21. The third-order valence-corrected chi connectivity index (χ3v) is 3.74. The van der Waals surface area contributed by atoms with Crippen molar-refractivity contribution in [2.45, 2.75) is 12.5 Å². The average molecular weight is 351 g/mol. The van der Waals surface area contributed by atoms with Gasteiger partial charge in [-0.15, -0.1) is 0 Å². The molecule has 0 aliphatic heterocycles. The Labute approximate surface area is 130 Å². The summed E-state index contributed by atoms with van der Waals surface area (Å²) in [6.45, 7) is 1.59. The van der Waals surface area contributed by atoms with Crippen molar-refractivity contribution < 1.29 is 15.0 Å². The molecule has 2 rings (SSSR count). The standard InChI is InChI=1S/C15H15BrN2O3/c1-15(14(17)21,9-6-12(19)8-13(20)7-9)18-11-4-2-10(16)3-5-11/h2-8,18-20H,1H3,(H2,17,21). The van der Waals surface area contributed by atoms with Crippen LogP contribution in [0.4, 0.5) is 5.69 Å². The van der Waals surface area contributed by atoms with Gasteiger partial charge in [0.2, 0.25) is 5.91 Å². The summed E-state index contributed by atoms with van der Waals surface area (Å²) in [5, 5.41) is 22.2. The number of rotatable bonds is 4. The summed E-state index contributed by atoms with van der Waals surface area (Å²) in [4.78, 5) is 11.9. The first-order valence-electron chi connectivity index (χ1n) is 6.18. The van der Waals surface area contributed by atoms with Gasteiger partial charge in [-0.3, -0.25) is 4.79 Å². The second kappa shape index (κ2) is 5.65. The van der Waals surface area contributed by atoms with Crippen LogP contribution in [0.5, 0.6) is 11.5 Å². The number of nitrogens with one attached hydrogen (secondary N) is 1. The molecule has 0 saturated heterocycles. The van der Waals surface area contributed by atoms with E-state index in [1.54, 1.807) is 19.1 Å². The van der Waals surface area contributed by atoms with E-state index in [0.29, 0.717) is 11.3 Å². The summed E-state index contributed by atoms with van der Waals surface area (Å²) in [6.07, 6.45) is 0. The Morgan fingerprint density at radius 1 is 1.14 bits per heavy atom. The minimum absolute atomic E-state index is 0.143. The van der Waals surface area contributed by atoms with Gasteiger partial charge in [0.1, 0.15) is 17.0 Å². The maximum Gasteiger partial charge on any atom is 0.247 e. The van der Waals surface area contributed by atoms with E-state index in [4.69, 9.17) is 5.73 Å². The molecule has 0 bridgehead atoms. The third kappa shape index (κ3) is 3.28. The Morgan fingerprint density at radius 2 is 1.67 bits per heavy atom. The van der Waals surface area contributed by atoms with Crippen molar-refractivity contribution >= 4 is 27.5 Å². The van der Waals surface area contributed by atoms with Crippen molar-refractivity contribution in [2.75, 3.05) is 5.32 Å². The van der Waals surface area contributed by atoms with Gasteiger partial charge < -0.3 is 21.3 Å². The summed E-state index contributed by atoms with van der Waals surface area (Å²) >= 11 is 3.33. The molecule has 0 saturated carbocycles. The molecule has 0 aliphatic rings. The van der Waals surface area contributed by atoms with Crippen LogP contribution >= 0.6 is 15.9 Å². The van der Waals surface area contributed by atoms with Crippen LogP contribution in [0.2, 0.25) is 0 Å². The topological polar surface area (TPSA) is 95.6 Å². The van der Waals surface area contributed by atoms with Gasteiger partial charge in [0, 0.05) is 16.2 Å². The number of hydrogen-bond donors (Lipinski definition) is 4. The van der Waals surface area contributed by atoms with Crippen LogP contribution in [-0.2, 0) is 10.3 Å². The van der Waals surface area contributed by atoms with E-state index >= 15 is 0 Å². The lowest BCUT2D eigenvalue weighted by molar-refractivity contribution is -0.122. The van der Waals surface area contributed by atoms with Gasteiger partial charge in [-0.05, 0) is 48.9 Å². The number of phenols is 2. The van der Waals surface area contributed by atoms with Crippen LogP contribution in [0.15, 0.2) is 46.9 Å². The number of aromatic hydroxyl groups is 2. The molecule has 1 amide bonds. The molecule has 0 aliphatic carbocycles. The van der Waals surface area contributed by atoms with Gasteiger partial charge in [-0.25, -0.2) is 0 Å². The minimum atomic E-state index is -1.27. The number of amides is 1. The fourth-order valence-electron chi connectivity index (χ4n) is 1.98. The fraction of sp³-hybridized carbons (Fsp3) is 0.133. The second-order valence-electron chi connectivity index (χ2n) is 4.86. The van der Waals surface area contributed by atoms with Crippen molar-refractivity contribution in [1.29, 1.82) is 0 Å². The highest BCUT2D eigenvalue weighted by Crippen LogP contribution is 2.31. The molecule has 1 unspecified atom stereocenters. The molecule has 2 aromatic rings. The number of halogens is 1. The predicted octanol–water partition coefficient (Wildman–Crippen LogP) is 2.67. The molecule has 0 aromatic heterocycles. The number of carbonyl (C=O) groups is 1. The van der Waals surface area contributed by atoms with E-state index in [0.717, 1.165) is 4.47 Å². The first-order chi connectivity index (χ1) is 9.81. The summed E-state index contributed by atoms with van der Waals surface area (Å²) in [5.41, 5.74) is 5.29. The summed E-state index contributed by atoms with van der Waals surface area (Å²) < 4.78 is 0.906. The molecule has 0 spiro atoms. The molecule has 6 heteroatoms. The van der Waals surface area contributed by atoms with Crippen molar-refractivity contribution in [2.24, 2.45) is 5.73 Å². The first-order valence-corrected chi connectivity index (χ1v) is 6.98. The zero-order chi connectivity index (χ0) is 15.6. The molecule has 0 heterocycles. The Kier molecular flexibility index (Phi) is 4.09. The number of hydrogen-bond acceptors (Lipinski definition) is 4. The lowest BCUT2D eigenvalue weighted by Gasteiger charge is -2.29. The molecule has 110 valence electrons. The predicted molar refractivity (Wildman–Crippen MR) is 84.1 cm³/mol. The fourth-order valence-corrected chi connectivity index (χ4v) is 2.25. The van der Waals surface area contributed by atoms with Crippen molar-refractivity contribution in [1.82, 2.24) is 0 Å². The van der Waals surface area contributed by atoms with E-state index in [-0.39, 0.29) is 11.5 Å². The molecular formula is C15H15BrN2O3. The zero-order valence-electron chi connectivity index (χ0n) is 11.3. The average Bonchev–Trinajstić information content (AvgIpc) is 2.40. The van der Waals surface area contributed by atoms with Gasteiger partial charge in [-0.2, -0.15) is 0 Å². The van der Waals surface area contributed by atoms with Crippen LogP contribution in [-0.4, -0.2) is 16.1 Å². The van der Waals surface area contributed by atoms with Crippen LogP contribution < -0.4 is 11.1 Å². The second-order valence-corrected chi connectivity index (χ2v) is 5.77. The van der Waals surface area contributed by atoms with E-state index in [2.05, 4.69) is 21.2 Å². The molecular weight excluding hydrogens is 336 g/mol. The Hall–Kier alpha value is -2.21. The molecule has 5 N–H and O–H groups in total. The largest absolute Gasteiger partial charge is 0.508 e. The quantitative estimate of drug-likeness (QED) is 0.681. The van der Waals surface area contributed by atoms with Crippen LogP contribution in [0, 0.1) is 0 Å². The van der Waals surface area contributed by atoms with Gasteiger partial charge in [0.15, 0.2) is 0 Å². The SMILES string of the molecule is CC(Nc1ccc(Br)cc1)(C(N)=O)c1cc(O)cc(O)c1. The van der Waals surface area contributed by atoms with Crippen LogP contribution in [0.25, 0.3) is 0 Å². The monoisotopic (exact) mass is 350 g/mol. The van der Waals surface area contributed by atoms with Crippen molar-refractivity contribution in [3.63, 3.8) is 0 Å². The number of primary amides is 1. The normalized spacial score (nSPS) is 13.4. The number of carbonyl (C=O) groups excluding carboxylic acids is 1. The Morgan fingerprint density at radius 3 is 2.14 bits per heavy atom. The van der Waals surface area contributed by atoms with E-state index in [1.165, 1.54) is 18.2 Å². The minimum Gasteiger partial charge on any atom is -0.508 e. The summed E-state index contributed by atoms with van der Waals surface area (Å²) in [7, 11) is 0. The lowest BCUT2D eigenvalue weighted by atomic mass is 9.90. The molecule has 0 fully saturated rings. The van der Waals surface area contributed by atoms with Gasteiger partial charge in [-0.1, -0.05) is 15.9 Å². The molecule has 1 atom stereocenters. The maximum absolute atomic E-state index is 11.9. The number of nitrogens with two attached hydrogens (primary N) is 1. The summed E-state index contributed by atoms with van der Waals surface area (Å²) in [6, 6.07) is 11.2. The summed E-state index contributed by atoms with van der Waals surface area (Å²) in [5.74, 6) is -0.916. The number of anilines is 1. The zero-order valence-corrected chi connectivity index (χ0v) is 12.9. The van der Waals surface area contributed by atoms with Gasteiger partial charge in [0.05, 0.1) is 0 Å².